The van der Waals surface area contributed by atoms with Gasteiger partial charge in [0.2, 0.25) is 5.91 Å². The van der Waals surface area contributed by atoms with Crippen molar-refractivity contribution in [3.05, 3.63) is 58.7 Å². The highest BCUT2D eigenvalue weighted by atomic mass is 32.1. The zero-order chi connectivity index (χ0) is 20.1. The van der Waals surface area contributed by atoms with Gasteiger partial charge in [0.25, 0.3) is 0 Å². The van der Waals surface area contributed by atoms with Crippen LogP contribution in [0.15, 0.2) is 41.9 Å². The van der Waals surface area contributed by atoms with Crippen molar-refractivity contribution in [3.63, 3.8) is 0 Å². The summed E-state index contributed by atoms with van der Waals surface area (Å²) in [6, 6.07) is 11.2. The van der Waals surface area contributed by atoms with Crippen LogP contribution >= 0.6 is 11.3 Å². The quantitative estimate of drug-likeness (QED) is 0.668. The number of benzene rings is 1. The fraction of sp³-hybridized carbons (Fsp3) is 0.200. The molecule has 3 aromatic rings. The molecule has 0 radical (unpaired) electrons. The molecule has 0 saturated carbocycles. The number of amides is 1. The molecule has 0 atom stereocenters. The van der Waals surface area contributed by atoms with Crippen molar-refractivity contribution in [2.75, 3.05) is 19.0 Å². The van der Waals surface area contributed by atoms with Crippen LogP contribution in [0, 0.1) is 11.3 Å². The summed E-state index contributed by atoms with van der Waals surface area (Å²) >= 11 is 1.29. The molecule has 7 nitrogen and oxygen atoms in total. The van der Waals surface area contributed by atoms with E-state index < -0.39 is 0 Å². The monoisotopic (exact) mass is 393 g/mol. The van der Waals surface area contributed by atoms with Gasteiger partial charge in [-0.2, -0.15) is 5.26 Å². The molecule has 0 bridgehead atoms. The minimum absolute atomic E-state index is 0.106. The van der Waals surface area contributed by atoms with E-state index in [0.29, 0.717) is 22.9 Å². The maximum absolute atomic E-state index is 12.2. The second kappa shape index (κ2) is 8.50. The molecule has 142 valence electrons. The van der Waals surface area contributed by atoms with Gasteiger partial charge in [0, 0.05) is 44.0 Å². The molecule has 0 aliphatic carbocycles. The van der Waals surface area contributed by atoms with Crippen molar-refractivity contribution < 1.29 is 9.90 Å². The molecular formula is C20H19N5O2S. The number of pyridine rings is 1. The molecule has 3 rings (SSSR count). The number of nitriles is 1. The third-order valence-electron chi connectivity index (χ3n) is 4.04. The Labute approximate surface area is 166 Å². The summed E-state index contributed by atoms with van der Waals surface area (Å²) in [5.41, 5.74) is 3.30. The molecule has 0 saturated heterocycles. The lowest BCUT2D eigenvalue weighted by atomic mass is 10.2. The predicted octanol–water partition coefficient (Wildman–Crippen LogP) is 2.71. The maximum atomic E-state index is 12.2. The van der Waals surface area contributed by atoms with Gasteiger partial charge in [-0.05, 0) is 17.7 Å². The van der Waals surface area contributed by atoms with Gasteiger partial charge >= 0.3 is 0 Å². The number of thiazole rings is 1. The van der Waals surface area contributed by atoms with Crippen molar-refractivity contribution in [3.8, 4) is 22.5 Å². The molecule has 2 heterocycles. The molecule has 0 fully saturated rings. The van der Waals surface area contributed by atoms with Crippen LogP contribution in [0.5, 0.6) is 5.75 Å². The highest BCUT2D eigenvalue weighted by Crippen LogP contribution is 2.30. The van der Waals surface area contributed by atoms with E-state index in [1.165, 1.54) is 23.6 Å². The Morgan fingerprint density at radius 3 is 2.71 bits per heavy atom. The average Bonchev–Trinajstić information content (AvgIpc) is 3.14. The summed E-state index contributed by atoms with van der Waals surface area (Å²) in [5.74, 6) is -0.240. The first-order valence-electron chi connectivity index (χ1n) is 8.53. The molecule has 1 aromatic carbocycles. The van der Waals surface area contributed by atoms with Gasteiger partial charge in [-0.1, -0.05) is 12.1 Å². The summed E-state index contributed by atoms with van der Waals surface area (Å²) in [6.45, 7) is 0.446. The van der Waals surface area contributed by atoms with Crippen LogP contribution in [-0.4, -0.2) is 35.1 Å². The largest absolute Gasteiger partial charge is 0.506 e. The summed E-state index contributed by atoms with van der Waals surface area (Å²) in [6.07, 6.45) is 1.52. The first-order valence-corrected chi connectivity index (χ1v) is 9.41. The van der Waals surface area contributed by atoms with Crippen LogP contribution in [-0.2, 0) is 17.8 Å². The number of nitrogens with one attached hydrogen (secondary N) is 1. The molecule has 2 N–H and O–H groups in total. The fourth-order valence-corrected chi connectivity index (χ4v) is 3.34. The third-order valence-corrected chi connectivity index (χ3v) is 4.93. The Bertz CT molecular complexity index is 1020. The lowest BCUT2D eigenvalue weighted by Crippen LogP contribution is -2.24. The van der Waals surface area contributed by atoms with Gasteiger partial charge < -0.3 is 15.3 Å². The van der Waals surface area contributed by atoms with Crippen LogP contribution in [0.25, 0.3) is 10.7 Å². The Morgan fingerprint density at radius 2 is 2.07 bits per heavy atom. The van der Waals surface area contributed by atoms with Crippen molar-refractivity contribution in [2.24, 2.45) is 0 Å². The van der Waals surface area contributed by atoms with Crippen LogP contribution in [0.3, 0.4) is 0 Å². The zero-order valence-corrected chi connectivity index (χ0v) is 16.3. The van der Waals surface area contributed by atoms with Gasteiger partial charge in [0.1, 0.15) is 22.5 Å². The van der Waals surface area contributed by atoms with E-state index in [1.54, 1.807) is 5.38 Å². The van der Waals surface area contributed by atoms with E-state index >= 15 is 0 Å². The molecular weight excluding hydrogens is 374 g/mol. The summed E-state index contributed by atoms with van der Waals surface area (Å²) in [7, 11) is 3.96. The van der Waals surface area contributed by atoms with E-state index in [2.05, 4.69) is 15.3 Å². The van der Waals surface area contributed by atoms with E-state index in [1.807, 2.05) is 49.3 Å². The number of hydrogen-bond donors (Lipinski definition) is 2. The van der Waals surface area contributed by atoms with Gasteiger partial charge in [-0.25, -0.2) is 9.97 Å². The van der Waals surface area contributed by atoms with E-state index in [9.17, 15) is 9.90 Å². The molecule has 0 aliphatic rings. The number of carbonyl (C=O) groups excluding carboxylic acids is 1. The predicted molar refractivity (Wildman–Crippen MR) is 108 cm³/mol. The van der Waals surface area contributed by atoms with Gasteiger partial charge in [0.15, 0.2) is 0 Å². The number of carbonyl (C=O) groups is 1. The standard InChI is InChI=1S/C20H19N5O2S/c1-25(2)16-5-3-13(4-6-16)10-22-18(27)8-15-12-28-20(24-15)19-17(26)7-14(9-21)11-23-19/h3-7,11-12,26H,8,10H2,1-2H3,(H,22,27). The lowest BCUT2D eigenvalue weighted by Gasteiger charge is -2.12. The van der Waals surface area contributed by atoms with E-state index in [4.69, 9.17) is 5.26 Å². The van der Waals surface area contributed by atoms with Crippen molar-refractivity contribution in [1.29, 1.82) is 5.26 Å². The van der Waals surface area contributed by atoms with Crippen molar-refractivity contribution in [1.82, 2.24) is 15.3 Å². The molecule has 2 aromatic heterocycles. The molecule has 0 unspecified atom stereocenters. The Kier molecular flexibility index (Phi) is 5.87. The minimum atomic E-state index is -0.134. The third kappa shape index (κ3) is 4.64. The van der Waals surface area contributed by atoms with Gasteiger partial charge in [-0.15, -0.1) is 11.3 Å². The lowest BCUT2D eigenvalue weighted by molar-refractivity contribution is -0.120. The van der Waals surface area contributed by atoms with Crippen molar-refractivity contribution >= 4 is 22.9 Å². The average molecular weight is 393 g/mol. The Hall–Kier alpha value is -3.44. The van der Waals surface area contributed by atoms with Crippen LogP contribution < -0.4 is 10.2 Å². The fourth-order valence-electron chi connectivity index (χ4n) is 2.52. The smallest absolute Gasteiger partial charge is 0.226 e. The van der Waals surface area contributed by atoms with Gasteiger partial charge in [-0.3, -0.25) is 4.79 Å². The molecule has 28 heavy (non-hydrogen) atoms. The zero-order valence-electron chi connectivity index (χ0n) is 15.5. The van der Waals surface area contributed by atoms with Crippen LogP contribution in [0.2, 0.25) is 0 Å². The highest BCUT2D eigenvalue weighted by Gasteiger charge is 2.13. The highest BCUT2D eigenvalue weighted by molar-refractivity contribution is 7.13. The minimum Gasteiger partial charge on any atom is -0.506 e. The second-order valence-electron chi connectivity index (χ2n) is 6.36. The molecule has 0 aliphatic heterocycles. The second-order valence-corrected chi connectivity index (χ2v) is 7.22. The summed E-state index contributed by atoms with van der Waals surface area (Å²) in [5, 5.41) is 24.0. The van der Waals surface area contributed by atoms with Crippen LogP contribution in [0.1, 0.15) is 16.8 Å². The summed E-state index contributed by atoms with van der Waals surface area (Å²) in [4.78, 5) is 22.7. The van der Waals surface area contributed by atoms with E-state index in [-0.39, 0.29) is 23.6 Å². The number of aromatic hydroxyl groups is 1. The number of rotatable bonds is 6. The number of nitrogens with zero attached hydrogens (tertiary/aromatic N) is 4. The number of hydrogen-bond acceptors (Lipinski definition) is 7. The molecule has 8 heteroatoms. The first-order chi connectivity index (χ1) is 13.5. The maximum Gasteiger partial charge on any atom is 0.226 e. The van der Waals surface area contributed by atoms with Crippen molar-refractivity contribution in [2.45, 2.75) is 13.0 Å². The molecule has 1 amide bonds. The Morgan fingerprint density at radius 1 is 1.32 bits per heavy atom. The summed E-state index contributed by atoms with van der Waals surface area (Å²) < 4.78 is 0. The first kappa shape index (κ1) is 19.3. The normalized spacial score (nSPS) is 10.3. The Balaban J connectivity index is 1.59. The van der Waals surface area contributed by atoms with Crippen LogP contribution in [0.4, 0.5) is 5.69 Å². The number of anilines is 1. The molecule has 0 spiro atoms. The SMILES string of the molecule is CN(C)c1ccc(CNC(=O)Cc2csc(-c3ncc(C#N)cc3O)n2)cc1. The topological polar surface area (TPSA) is 102 Å². The number of aromatic nitrogens is 2. The van der Waals surface area contributed by atoms with Gasteiger partial charge in [0.05, 0.1) is 17.7 Å². The van der Waals surface area contributed by atoms with E-state index in [0.717, 1.165) is 11.3 Å².